The smallest absolute Gasteiger partial charge is 0.411 e. The molecule has 2 unspecified atom stereocenters. The molecule has 4 aromatic carbocycles. The van der Waals surface area contributed by atoms with Gasteiger partial charge in [-0.05, 0) is 136 Å². The van der Waals surface area contributed by atoms with Crippen LogP contribution in [0.25, 0.3) is 0 Å². The lowest BCUT2D eigenvalue weighted by atomic mass is 9.97. The van der Waals surface area contributed by atoms with Gasteiger partial charge in [-0.2, -0.15) is 0 Å². The number of unbranched alkanes of at least 4 members (excludes halogenated alkanes) is 2. The molecular formula is C96H128N6O35Si2. The van der Waals surface area contributed by atoms with Crippen molar-refractivity contribution in [3.8, 4) is 46.8 Å². The Balaban J connectivity index is 1.05. The fraction of sp³-hybridized carbons (Fsp3) is 0.542. The second-order valence-electron chi connectivity index (χ2n) is 36.2. The molecule has 0 spiro atoms. The molecule has 4 aliphatic heterocycles. The van der Waals surface area contributed by atoms with Crippen molar-refractivity contribution in [3.63, 3.8) is 0 Å². The minimum atomic E-state index is -2.36. The maximum absolute atomic E-state index is 15.2. The lowest BCUT2D eigenvalue weighted by Crippen LogP contribution is -2.64. The Morgan fingerprint density at radius 2 is 0.842 bits per heavy atom. The van der Waals surface area contributed by atoms with Gasteiger partial charge in [-0.15, -0.1) is 6.42 Å². The Labute approximate surface area is 809 Å². The van der Waals surface area contributed by atoms with Crippen LogP contribution in [0.1, 0.15) is 188 Å². The standard InChI is InChI=1S/C96H128N6O35Si2/c1-25-34-97-85(109)67-42-61(29-31-71(67)134-91-83(132-59(8)107)79(130-57(6)105)77(128-55(4)103)81(136-91)89(113)120-19)50-124-94(116)100-70-47-76(74(119-18)45-66(70)88(112)102-49-54(3)41-64(102)52-127-139(23,24)96(13,14)15)123-37-28-26-27-36-122-75-46-69(65(44-73(75)118-17)87(111)101-48-53(2)40-63(101)33-38-126-138(21,22)95(10,11)12)99-93(115)125-51-62-30-32-72(68(43-62)86(110)98-35-39-117-16)135-92-84(133-60(9)108)80(131-58(7)106)78(129-56(5)104)82(137-92)90(114)121-20/h1,29-32,42-49,63-64,77-84,91-92H,26-28,33-41,50-52H2,2-24H3,(H,97,109)(H,98,110)(H,99,115)(H,100,116)/t63-,64+,77+,78?,79?,80+,81+,82+,83-,84-,91-,92-/m1/s1. The Kier molecular flexibility index (Phi) is 40.2. The summed E-state index contributed by atoms with van der Waals surface area (Å²) in [6, 6.07) is 12.8. The molecule has 6 amide bonds. The van der Waals surface area contributed by atoms with Gasteiger partial charge < -0.3 is 119 Å². The van der Waals surface area contributed by atoms with Gasteiger partial charge in [0.05, 0.1) is 101 Å². The molecule has 41 nitrogen and oxygen atoms in total. The number of benzene rings is 4. The van der Waals surface area contributed by atoms with Crippen LogP contribution < -0.4 is 49.7 Å². The molecule has 43 heteroatoms. The molecule has 2 fully saturated rings. The van der Waals surface area contributed by atoms with Crippen molar-refractivity contribution in [1.29, 1.82) is 0 Å². The minimum absolute atomic E-state index is 0.0173. The van der Waals surface area contributed by atoms with Gasteiger partial charge in [-0.3, -0.25) is 58.6 Å². The van der Waals surface area contributed by atoms with E-state index in [1.807, 2.05) is 13.8 Å². The predicted octanol–water partition coefficient (Wildman–Crippen LogP) is 11.4. The molecule has 8 rings (SSSR count). The Morgan fingerprint density at radius 1 is 0.453 bits per heavy atom. The van der Waals surface area contributed by atoms with E-state index in [1.165, 1.54) is 82.0 Å². The van der Waals surface area contributed by atoms with E-state index in [9.17, 15) is 57.5 Å². The number of nitrogens with zero attached hydrogens (tertiary/aromatic N) is 2. The van der Waals surface area contributed by atoms with E-state index in [0.29, 0.717) is 45.1 Å². The van der Waals surface area contributed by atoms with Gasteiger partial charge in [0.1, 0.15) is 24.7 Å². The highest BCUT2D eigenvalue weighted by molar-refractivity contribution is 6.74. The number of methoxy groups -OCH3 is 5. The zero-order chi connectivity index (χ0) is 103. The number of terminal acetylenes is 1. The van der Waals surface area contributed by atoms with Crippen LogP contribution in [0.3, 0.4) is 0 Å². The minimum Gasteiger partial charge on any atom is -0.493 e. The van der Waals surface area contributed by atoms with E-state index in [0.717, 1.165) is 66.9 Å². The number of nitrogens with one attached hydrogen (secondary N) is 4. The number of ether oxygens (including phenoxy) is 19. The topological polar surface area (TPSA) is 487 Å². The summed E-state index contributed by atoms with van der Waals surface area (Å²) in [6.07, 6.45) is -8.41. The van der Waals surface area contributed by atoms with E-state index in [4.69, 9.17) is 105 Å². The first kappa shape index (κ1) is 111. The van der Waals surface area contributed by atoms with E-state index in [1.54, 1.807) is 22.2 Å². The molecule has 0 radical (unpaired) electrons. The van der Waals surface area contributed by atoms with Crippen LogP contribution in [0.2, 0.25) is 36.3 Å². The molecule has 4 N–H and O–H groups in total. The van der Waals surface area contributed by atoms with Gasteiger partial charge in [0, 0.05) is 92.4 Å². The maximum Gasteiger partial charge on any atom is 0.411 e. The summed E-state index contributed by atoms with van der Waals surface area (Å²) in [4.78, 5) is 193. The van der Waals surface area contributed by atoms with Gasteiger partial charge in [-0.25, -0.2) is 19.2 Å². The Morgan fingerprint density at radius 3 is 1.23 bits per heavy atom. The largest absolute Gasteiger partial charge is 0.493 e. The average Bonchev–Trinajstić information content (AvgIpc) is 1.75. The SMILES string of the molecule is C#CCNC(=O)c1cc(COC(=O)Nc2cc(OCCCCCOc3cc(NC(=O)OCc4ccc(O[C@@H]5O[C@H](C(=O)OC)C(OC(C)=O)[C@H](OC(C)=O)[C@H]5OC(C)=O)c(C(=O)NCCOC)c4)c(C(=O)N4C=C(C)C[C@H]4CCO[Si](C)(C)C(C)(C)C)cc3OC)c(OC)cc2C(=O)N2C=C(C)C[C@H]2CO[Si](C)(C)C(C)(C)C)ccc1O[C@@H]1O[C@H](C(=O)OC)[C@@H](OC(C)=O)C(OC(C)=O)[C@H]1OC(C)=O. The molecule has 4 aliphatic rings. The number of anilines is 2. The fourth-order valence-corrected chi connectivity index (χ4v) is 16.8. The molecule has 0 aromatic heterocycles. The monoisotopic (exact) mass is 1980 g/mol. The maximum atomic E-state index is 15.2. The van der Waals surface area contributed by atoms with E-state index >= 15 is 9.59 Å². The number of amides is 6. The third-order valence-electron chi connectivity index (χ3n) is 23.5. The van der Waals surface area contributed by atoms with Gasteiger partial charge in [0.25, 0.3) is 23.6 Å². The number of carbonyl (C=O) groups excluding carboxylic acids is 14. The molecule has 0 saturated carbocycles. The van der Waals surface area contributed by atoms with Crippen molar-refractivity contribution in [2.24, 2.45) is 0 Å². The van der Waals surface area contributed by atoms with Crippen LogP contribution in [-0.2, 0) is 122 Å². The molecule has 0 bridgehead atoms. The summed E-state index contributed by atoms with van der Waals surface area (Å²) in [7, 11) is 1.62. The van der Waals surface area contributed by atoms with Gasteiger partial charge in [0.15, 0.2) is 76.3 Å². The lowest BCUT2D eigenvalue weighted by Gasteiger charge is -2.43. The third-order valence-corrected chi connectivity index (χ3v) is 32.6. The van der Waals surface area contributed by atoms with Crippen molar-refractivity contribution in [1.82, 2.24) is 20.4 Å². The van der Waals surface area contributed by atoms with Crippen LogP contribution in [0.5, 0.6) is 34.5 Å². The first-order chi connectivity index (χ1) is 65.5. The van der Waals surface area contributed by atoms with Crippen molar-refractivity contribution < 1.29 is 166 Å². The zero-order valence-corrected chi connectivity index (χ0v) is 84.7. The molecular weight excluding hydrogens is 1850 g/mol. The Bertz CT molecular complexity index is 5250. The zero-order valence-electron chi connectivity index (χ0n) is 82.7. The number of rotatable bonds is 43. The lowest BCUT2D eigenvalue weighted by molar-refractivity contribution is -0.282. The molecule has 2 saturated heterocycles. The second kappa shape index (κ2) is 50.1. The highest BCUT2D eigenvalue weighted by Gasteiger charge is 2.58. The molecule has 760 valence electrons. The number of carbonyl (C=O) groups is 14. The van der Waals surface area contributed by atoms with Crippen molar-refractivity contribution in [2.75, 3.05) is 92.3 Å². The normalized spacial score (nSPS) is 20.1. The van der Waals surface area contributed by atoms with Crippen molar-refractivity contribution >= 4 is 112 Å². The van der Waals surface area contributed by atoms with Crippen molar-refractivity contribution in [3.05, 3.63) is 118 Å². The van der Waals surface area contributed by atoms with Crippen LogP contribution in [-0.4, -0.2) is 265 Å². The quantitative estimate of drug-likeness (QED) is 0.0105. The summed E-state index contributed by atoms with van der Waals surface area (Å²) < 4.78 is 122. The van der Waals surface area contributed by atoms with E-state index < -0.39 is 181 Å². The van der Waals surface area contributed by atoms with Crippen LogP contribution in [0, 0.1) is 12.3 Å². The second-order valence-corrected chi connectivity index (χ2v) is 45.8. The first-order valence-corrected chi connectivity index (χ1v) is 50.7. The summed E-state index contributed by atoms with van der Waals surface area (Å²) >= 11 is 0. The molecule has 139 heavy (non-hydrogen) atoms. The summed E-state index contributed by atoms with van der Waals surface area (Å²) in [5.41, 5.74) is 1.47. The third kappa shape index (κ3) is 30.6. The first-order valence-electron chi connectivity index (χ1n) is 44.9. The average molecular weight is 1980 g/mol. The predicted molar refractivity (Wildman–Crippen MR) is 500 cm³/mol. The highest BCUT2D eigenvalue weighted by Crippen LogP contribution is 2.44. The molecule has 12 atom stereocenters. The molecule has 4 aromatic rings. The summed E-state index contributed by atoms with van der Waals surface area (Å²) in [5, 5.41) is 10.4. The Hall–Kier alpha value is -12.9. The highest BCUT2D eigenvalue weighted by atomic mass is 28.4. The number of hydrogen-bond donors (Lipinski definition) is 4. The van der Waals surface area contributed by atoms with Gasteiger partial charge in [0.2, 0.25) is 24.8 Å². The van der Waals surface area contributed by atoms with Crippen LogP contribution in [0.15, 0.2) is 84.2 Å². The van der Waals surface area contributed by atoms with Gasteiger partial charge in [-0.1, -0.05) is 70.7 Å². The molecule has 0 aliphatic carbocycles. The van der Waals surface area contributed by atoms with Crippen LogP contribution >= 0.6 is 0 Å². The fourth-order valence-electron chi connectivity index (χ4n) is 14.7. The summed E-state index contributed by atoms with van der Waals surface area (Å²) in [5.74, 6) is -8.41. The van der Waals surface area contributed by atoms with Gasteiger partial charge >= 0.3 is 59.9 Å². The number of hydrogen-bond acceptors (Lipinski definition) is 35. The number of esters is 8. The van der Waals surface area contributed by atoms with Crippen molar-refractivity contribution in [2.45, 2.75) is 258 Å². The van der Waals surface area contributed by atoms with Crippen LogP contribution in [0.4, 0.5) is 21.0 Å². The molecule has 4 heterocycles. The summed E-state index contributed by atoms with van der Waals surface area (Å²) in [6.45, 7) is 30.4. The van der Waals surface area contributed by atoms with E-state index in [2.05, 4.69) is 94.9 Å². The van der Waals surface area contributed by atoms with E-state index in [-0.39, 0.29) is 135 Å².